The van der Waals surface area contributed by atoms with Gasteiger partial charge in [0.1, 0.15) is 5.82 Å². The van der Waals surface area contributed by atoms with Crippen molar-refractivity contribution in [3.05, 3.63) is 53.1 Å². The third-order valence-corrected chi connectivity index (χ3v) is 5.22. The van der Waals surface area contributed by atoms with Gasteiger partial charge in [-0.25, -0.2) is 4.39 Å². The van der Waals surface area contributed by atoms with Gasteiger partial charge in [-0.3, -0.25) is 14.5 Å². The third-order valence-electron chi connectivity index (χ3n) is 5.22. The standard InChI is InChI=1S/C20H29FN4/c1-4-20(18-5-7-19(21)8-6-18)24-12-9-23(10-13-24)11-14-25-17(3)15-16(2)22-25/h5-8,15,20H,4,9-14H2,1-3H3. The predicted molar refractivity (Wildman–Crippen MR) is 99.1 cm³/mol. The third kappa shape index (κ3) is 4.47. The summed E-state index contributed by atoms with van der Waals surface area (Å²) in [4.78, 5) is 5.05. The average molecular weight is 344 g/mol. The summed E-state index contributed by atoms with van der Waals surface area (Å²) in [5.74, 6) is -0.160. The van der Waals surface area contributed by atoms with Crippen molar-refractivity contribution in [2.45, 2.75) is 39.8 Å². The lowest BCUT2D eigenvalue weighted by atomic mass is 10.0. The van der Waals surface area contributed by atoms with Crippen LogP contribution in [-0.2, 0) is 6.54 Å². The number of piperazine rings is 1. The van der Waals surface area contributed by atoms with E-state index in [2.05, 4.69) is 39.5 Å². The van der Waals surface area contributed by atoms with Crippen LogP contribution in [0.4, 0.5) is 4.39 Å². The summed E-state index contributed by atoms with van der Waals surface area (Å²) in [6.07, 6.45) is 1.05. The van der Waals surface area contributed by atoms with E-state index in [0.29, 0.717) is 6.04 Å². The molecule has 0 N–H and O–H groups in total. The summed E-state index contributed by atoms with van der Waals surface area (Å²) in [6.45, 7) is 12.7. The van der Waals surface area contributed by atoms with E-state index in [1.165, 1.54) is 11.3 Å². The van der Waals surface area contributed by atoms with Crippen LogP contribution in [0.25, 0.3) is 0 Å². The molecule has 0 saturated carbocycles. The molecule has 3 rings (SSSR count). The molecule has 5 heteroatoms. The molecule has 1 saturated heterocycles. The van der Waals surface area contributed by atoms with Gasteiger partial charge in [0, 0.05) is 44.5 Å². The minimum absolute atomic E-state index is 0.160. The van der Waals surface area contributed by atoms with Crippen LogP contribution in [0.2, 0.25) is 0 Å². The van der Waals surface area contributed by atoms with Crippen molar-refractivity contribution < 1.29 is 4.39 Å². The van der Waals surface area contributed by atoms with E-state index >= 15 is 0 Å². The Hall–Kier alpha value is -1.72. The summed E-state index contributed by atoms with van der Waals surface area (Å²) >= 11 is 0. The predicted octanol–water partition coefficient (Wildman–Crippen LogP) is 3.41. The van der Waals surface area contributed by atoms with Gasteiger partial charge in [-0.1, -0.05) is 19.1 Å². The summed E-state index contributed by atoms with van der Waals surface area (Å²) in [5.41, 5.74) is 3.55. The van der Waals surface area contributed by atoms with E-state index in [0.717, 1.165) is 51.4 Å². The van der Waals surface area contributed by atoms with Gasteiger partial charge in [-0.15, -0.1) is 0 Å². The molecule has 4 nitrogen and oxygen atoms in total. The minimum atomic E-state index is -0.160. The van der Waals surface area contributed by atoms with Crippen LogP contribution in [0.5, 0.6) is 0 Å². The van der Waals surface area contributed by atoms with E-state index in [9.17, 15) is 4.39 Å². The zero-order valence-corrected chi connectivity index (χ0v) is 15.6. The average Bonchev–Trinajstić information content (AvgIpc) is 2.94. The van der Waals surface area contributed by atoms with Crippen molar-refractivity contribution in [2.24, 2.45) is 0 Å². The minimum Gasteiger partial charge on any atom is -0.299 e. The molecule has 1 aliphatic heterocycles. The first-order valence-corrected chi connectivity index (χ1v) is 9.29. The van der Waals surface area contributed by atoms with Crippen molar-refractivity contribution in [1.29, 1.82) is 0 Å². The Morgan fingerprint density at radius 1 is 1.04 bits per heavy atom. The fraction of sp³-hybridized carbons (Fsp3) is 0.550. The maximum Gasteiger partial charge on any atom is 0.123 e. The molecule has 0 spiro atoms. The van der Waals surface area contributed by atoms with E-state index in [4.69, 9.17) is 0 Å². The molecule has 0 radical (unpaired) electrons. The van der Waals surface area contributed by atoms with Crippen molar-refractivity contribution in [2.75, 3.05) is 32.7 Å². The summed E-state index contributed by atoms with van der Waals surface area (Å²) in [6, 6.07) is 9.52. The van der Waals surface area contributed by atoms with Gasteiger partial charge >= 0.3 is 0 Å². The monoisotopic (exact) mass is 344 g/mol. The highest BCUT2D eigenvalue weighted by Gasteiger charge is 2.23. The van der Waals surface area contributed by atoms with Crippen LogP contribution in [0.3, 0.4) is 0 Å². The zero-order chi connectivity index (χ0) is 17.8. The number of halogens is 1. The Kier molecular flexibility index (Phi) is 5.86. The van der Waals surface area contributed by atoms with E-state index in [1.807, 2.05) is 19.1 Å². The maximum absolute atomic E-state index is 13.2. The number of rotatable bonds is 6. The van der Waals surface area contributed by atoms with Crippen LogP contribution in [0.15, 0.2) is 30.3 Å². The van der Waals surface area contributed by atoms with Gasteiger partial charge < -0.3 is 0 Å². The Morgan fingerprint density at radius 2 is 1.72 bits per heavy atom. The summed E-state index contributed by atoms with van der Waals surface area (Å²) in [7, 11) is 0. The molecule has 0 bridgehead atoms. The maximum atomic E-state index is 13.2. The van der Waals surface area contributed by atoms with Gasteiger partial charge in [0.15, 0.2) is 0 Å². The quantitative estimate of drug-likeness (QED) is 0.803. The van der Waals surface area contributed by atoms with Crippen LogP contribution in [-0.4, -0.2) is 52.3 Å². The number of nitrogens with zero attached hydrogens (tertiary/aromatic N) is 4. The fourth-order valence-electron chi connectivity index (χ4n) is 3.83. The number of aryl methyl sites for hydroxylation is 2. The van der Waals surface area contributed by atoms with Gasteiger partial charge in [0.05, 0.1) is 12.2 Å². The molecule has 1 aliphatic rings. The first kappa shape index (κ1) is 18.1. The second-order valence-corrected chi connectivity index (χ2v) is 7.00. The molecule has 1 aromatic heterocycles. The Labute approximate surface area is 150 Å². The Bertz CT molecular complexity index is 672. The topological polar surface area (TPSA) is 24.3 Å². The van der Waals surface area contributed by atoms with Crippen LogP contribution >= 0.6 is 0 Å². The lowest BCUT2D eigenvalue weighted by Gasteiger charge is -2.39. The first-order chi connectivity index (χ1) is 12.1. The smallest absolute Gasteiger partial charge is 0.123 e. The second kappa shape index (κ2) is 8.11. The van der Waals surface area contributed by atoms with Crippen molar-refractivity contribution in [3.63, 3.8) is 0 Å². The second-order valence-electron chi connectivity index (χ2n) is 7.00. The molecule has 1 aromatic carbocycles. The molecule has 2 aromatic rings. The zero-order valence-electron chi connectivity index (χ0n) is 15.6. The van der Waals surface area contributed by atoms with Crippen LogP contribution in [0.1, 0.15) is 36.3 Å². The van der Waals surface area contributed by atoms with Gasteiger partial charge in [0.25, 0.3) is 0 Å². The highest BCUT2D eigenvalue weighted by atomic mass is 19.1. The first-order valence-electron chi connectivity index (χ1n) is 9.29. The number of aromatic nitrogens is 2. The Morgan fingerprint density at radius 3 is 2.28 bits per heavy atom. The molecule has 25 heavy (non-hydrogen) atoms. The lowest BCUT2D eigenvalue weighted by molar-refractivity contribution is 0.0908. The Balaban J connectivity index is 1.52. The number of benzene rings is 1. The molecular weight excluding hydrogens is 315 g/mol. The summed E-state index contributed by atoms with van der Waals surface area (Å²) < 4.78 is 15.3. The molecule has 2 heterocycles. The highest BCUT2D eigenvalue weighted by molar-refractivity contribution is 5.20. The van der Waals surface area contributed by atoms with E-state index in [1.54, 1.807) is 12.1 Å². The molecular formula is C20H29FN4. The van der Waals surface area contributed by atoms with Gasteiger partial charge in [-0.05, 0) is 44.0 Å². The van der Waals surface area contributed by atoms with E-state index < -0.39 is 0 Å². The molecule has 1 fully saturated rings. The molecule has 136 valence electrons. The molecule has 1 atom stereocenters. The highest BCUT2D eigenvalue weighted by Crippen LogP contribution is 2.25. The van der Waals surface area contributed by atoms with Crippen LogP contribution in [0, 0.1) is 19.7 Å². The molecule has 1 unspecified atom stereocenters. The molecule has 0 aliphatic carbocycles. The van der Waals surface area contributed by atoms with Crippen molar-refractivity contribution in [3.8, 4) is 0 Å². The van der Waals surface area contributed by atoms with Crippen LogP contribution < -0.4 is 0 Å². The fourth-order valence-corrected chi connectivity index (χ4v) is 3.83. The molecule has 0 amide bonds. The lowest BCUT2D eigenvalue weighted by Crippen LogP contribution is -2.48. The van der Waals surface area contributed by atoms with Crippen molar-refractivity contribution in [1.82, 2.24) is 19.6 Å². The van der Waals surface area contributed by atoms with Gasteiger partial charge in [0.2, 0.25) is 0 Å². The summed E-state index contributed by atoms with van der Waals surface area (Å²) in [5, 5.41) is 4.55. The number of hydrogen-bond acceptors (Lipinski definition) is 3. The largest absolute Gasteiger partial charge is 0.299 e. The van der Waals surface area contributed by atoms with Gasteiger partial charge in [-0.2, -0.15) is 5.10 Å². The number of hydrogen-bond donors (Lipinski definition) is 0. The van der Waals surface area contributed by atoms with Crippen molar-refractivity contribution >= 4 is 0 Å². The van der Waals surface area contributed by atoms with E-state index in [-0.39, 0.29) is 5.82 Å². The SMILES string of the molecule is CCC(c1ccc(F)cc1)N1CCN(CCn2nc(C)cc2C)CC1. The normalized spacial score (nSPS) is 17.8.